The summed E-state index contributed by atoms with van der Waals surface area (Å²) in [5.74, 6) is -2.39. The third kappa shape index (κ3) is 3.95. The standard InChI is InChI=1S/C19H23F3N2O3/c1-18(2)12-27-15(13-7-4-3-5-8-13)11-24(18)16(25)14-9-6-10-23(14)17(26)19(20,21)22/h3-5,7-8,14-15H,6,9-12H2,1-2H3. The fraction of sp³-hybridized carbons (Fsp3) is 0.579. The molecule has 148 valence electrons. The number of ether oxygens (including phenoxy) is 1. The molecule has 2 heterocycles. The van der Waals surface area contributed by atoms with Crippen LogP contribution in [-0.4, -0.2) is 59.1 Å². The van der Waals surface area contributed by atoms with Gasteiger partial charge in [-0.25, -0.2) is 0 Å². The Bertz CT molecular complexity index is 706. The minimum atomic E-state index is -4.98. The van der Waals surface area contributed by atoms with E-state index in [9.17, 15) is 22.8 Å². The minimum absolute atomic E-state index is 0.0539. The van der Waals surface area contributed by atoms with Crippen LogP contribution >= 0.6 is 0 Å². The smallest absolute Gasteiger partial charge is 0.369 e. The Hall–Kier alpha value is -2.09. The van der Waals surface area contributed by atoms with Gasteiger partial charge in [-0.3, -0.25) is 9.59 Å². The SMILES string of the molecule is CC1(C)COC(c2ccccc2)CN1C(=O)C1CCCN1C(=O)C(F)(F)F. The van der Waals surface area contributed by atoms with Gasteiger partial charge in [-0.1, -0.05) is 30.3 Å². The maximum atomic E-state index is 13.1. The van der Waals surface area contributed by atoms with Crippen LogP contribution in [0.4, 0.5) is 13.2 Å². The number of carbonyl (C=O) groups is 2. The van der Waals surface area contributed by atoms with Crippen LogP contribution in [-0.2, 0) is 14.3 Å². The lowest BCUT2D eigenvalue weighted by Crippen LogP contribution is -2.61. The van der Waals surface area contributed by atoms with Crippen LogP contribution in [0.5, 0.6) is 0 Å². The summed E-state index contributed by atoms with van der Waals surface area (Å²) in [6, 6.07) is 8.31. The third-order valence-electron chi connectivity index (χ3n) is 5.20. The molecule has 1 aromatic carbocycles. The zero-order valence-electron chi connectivity index (χ0n) is 15.3. The molecule has 0 aromatic heterocycles. The van der Waals surface area contributed by atoms with E-state index in [2.05, 4.69) is 0 Å². The normalized spacial score (nSPS) is 25.5. The maximum absolute atomic E-state index is 13.1. The van der Waals surface area contributed by atoms with Crippen molar-refractivity contribution in [2.24, 2.45) is 0 Å². The number of benzene rings is 1. The quantitative estimate of drug-likeness (QED) is 0.788. The van der Waals surface area contributed by atoms with E-state index in [1.165, 1.54) is 0 Å². The Balaban J connectivity index is 1.81. The molecule has 8 heteroatoms. The molecule has 3 rings (SSSR count). The largest absolute Gasteiger partial charge is 0.471 e. The lowest BCUT2D eigenvalue weighted by molar-refractivity contribution is -0.189. The van der Waals surface area contributed by atoms with E-state index >= 15 is 0 Å². The van der Waals surface area contributed by atoms with Crippen LogP contribution in [0, 0.1) is 0 Å². The highest BCUT2D eigenvalue weighted by Gasteiger charge is 2.50. The molecule has 0 spiro atoms. The molecule has 5 nitrogen and oxygen atoms in total. The fourth-order valence-corrected chi connectivity index (χ4v) is 3.71. The van der Waals surface area contributed by atoms with Crippen LogP contribution in [0.25, 0.3) is 0 Å². The Morgan fingerprint density at radius 1 is 1.19 bits per heavy atom. The highest BCUT2D eigenvalue weighted by atomic mass is 19.4. The summed E-state index contributed by atoms with van der Waals surface area (Å²) in [5.41, 5.74) is 0.234. The summed E-state index contributed by atoms with van der Waals surface area (Å²) in [6.45, 7) is 4.08. The predicted octanol–water partition coefficient (Wildman–Crippen LogP) is 2.92. The number of morpholine rings is 1. The number of hydrogen-bond donors (Lipinski definition) is 0. The van der Waals surface area contributed by atoms with Crippen molar-refractivity contribution < 1.29 is 27.5 Å². The second kappa shape index (κ2) is 7.14. The molecule has 2 aliphatic heterocycles. The third-order valence-corrected chi connectivity index (χ3v) is 5.20. The number of hydrogen-bond acceptors (Lipinski definition) is 3. The average Bonchev–Trinajstić information content (AvgIpc) is 3.09. The zero-order valence-corrected chi connectivity index (χ0v) is 15.3. The van der Waals surface area contributed by atoms with Crippen LogP contribution < -0.4 is 0 Å². The number of halogens is 3. The molecule has 2 aliphatic rings. The highest BCUT2D eigenvalue weighted by molar-refractivity contribution is 5.90. The van der Waals surface area contributed by atoms with Crippen molar-refractivity contribution in [3.63, 3.8) is 0 Å². The van der Waals surface area contributed by atoms with Crippen molar-refractivity contribution >= 4 is 11.8 Å². The van der Waals surface area contributed by atoms with Gasteiger partial charge in [-0.15, -0.1) is 0 Å². The number of amides is 2. The van der Waals surface area contributed by atoms with Gasteiger partial charge in [0, 0.05) is 6.54 Å². The van der Waals surface area contributed by atoms with E-state index in [0.29, 0.717) is 11.3 Å². The molecular formula is C19H23F3N2O3. The Kier molecular flexibility index (Phi) is 5.20. The van der Waals surface area contributed by atoms with Gasteiger partial charge in [-0.2, -0.15) is 13.2 Å². The first-order valence-corrected chi connectivity index (χ1v) is 8.97. The predicted molar refractivity (Wildman–Crippen MR) is 91.7 cm³/mol. The van der Waals surface area contributed by atoms with Crippen LogP contribution in [0.2, 0.25) is 0 Å². The monoisotopic (exact) mass is 384 g/mol. The van der Waals surface area contributed by atoms with Gasteiger partial charge in [0.1, 0.15) is 12.1 Å². The Labute approximate surface area is 156 Å². The van der Waals surface area contributed by atoms with Crippen molar-refractivity contribution in [3.8, 4) is 0 Å². The molecule has 0 bridgehead atoms. The van der Waals surface area contributed by atoms with E-state index in [1.54, 1.807) is 4.90 Å². The zero-order chi connectivity index (χ0) is 19.8. The first-order chi connectivity index (χ1) is 12.6. The molecule has 2 saturated heterocycles. The van der Waals surface area contributed by atoms with E-state index in [1.807, 2.05) is 44.2 Å². The lowest BCUT2D eigenvalue weighted by Gasteiger charge is -2.47. The first-order valence-electron chi connectivity index (χ1n) is 8.97. The molecule has 2 unspecified atom stereocenters. The molecule has 0 saturated carbocycles. The van der Waals surface area contributed by atoms with Crippen molar-refractivity contribution in [2.45, 2.75) is 50.6 Å². The highest BCUT2D eigenvalue weighted by Crippen LogP contribution is 2.33. The van der Waals surface area contributed by atoms with Gasteiger partial charge in [0.05, 0.1) is 18.7 Å². The molecule has 27 heavy (non-hydrogen) atoms. The first kappa shape index (κ1) is 19.7. The number of likely N-dealkylation sites (tertiary alicyclic amines) is 1. The summed E-state index contributed by atoms with van der Waals surface area (Å²) >= 11 is 0. The minimum Gasteiger partial charge on any atom is -0.369 e. The molecule has 2 fully saturated rings. The molecule has 0 N–H and O–H groups in total. The molecule has 1 aromatic rings. The van der Waals surface area contributed by atoms with Crippen LogP contribution in [0.1, 0.15) is 38.4 Å². The van der Waals surface area contributed by atoms with Crippen molar-refractivity contribution in [2.75, 3.05) is 19.7 Å². The van der Waals surface area contributed by atoms with E-state index in [-0.39, 0.29) is 32.2 Å². The van der Waals surface area contributed by atoms with E-state index < -0.39 is 29.6 Å². The molecule has 2 amide bonds. The molecule has 0 radical (unpaired) electrons. The van der Waals surface area contributed by atoms with E-state index in [4.69, 9.17) is 4.74 Å². The summed E-state index contributed by atoms with van der Waals surface area (Å²) in [4.78, 5) is 27.1. The Morgan fingerprint density at radius 3 is 2.48 bits per heavy atom. The second-order valence-corrected chi connectivity index (χ2v) is 7.63. The van der Waals surface area contributed by atoms with Gasteiger partial charge >= 0.3 is 12.1 Å². The number of carbonyl (C=O) groups excluding carboxylic acids is 2. The summed E-state index contributed by atoms with van der Waals surface area (Å²) in [5, 5.41) is 0. The number of alkyl halides is 3. The van der Waals surface area contributed by atoms with Crippen LogP contribution in [0.15, 0.2) is 30.3 Å². The fourth-order valence-electron chi connectivity index (χ4n) is 3.71. The van der Waals surface area contributed by atoms with Gasteiger partial charge in [0.2, 0.25) is 5.91 Å². The second-order valence-electron chi connectivity index (χ2n) is 7.63. The van der Waals surface area contributed by atoms with Crippen molar-refractivity contribution in [1.82, 2.24) is 9.80 Å². The molecule has 0 aliphatic carbocycles. The topological polar surface area (TPSA) is 49.9 Å². The van der Waals surface area contributed by atoms with E-state index in [0.717, 1.165) is 5.56 Å². The van der Waals surface area contributed by atoms with Gasteiger partial charge in [0.15, 0.2) is 0 Å². The van der Waals surface area contributed by atoms with Crippen molar-refractivity contribution in [3.05, 3.63) is 35.9 Å². The number of rotatable bonds is 2. The van der Waals surface area contributed by atoms with Gasteiger partial charge in [-0.05, 0) is 32.3 Å². The van der Waals surface area contributed by atoms with Gasteiger partial charge < -0.3 is 14.5 Å². The lowest BCUT2D eigenvalue weighted by atomic mass is 9.96. The average molecular weight is 384 g/mol. The molecular weight excluding hydrogens is 361 g/mol. The summed E-state index contributed by atoms with van der Waals surface area (Å²) in [7, 11) is 0. The number of nitrogens with zero attached hydrogens (tertiary/aromatic N) is 2. The molecule has 2 atom stereocenters. The summed E-state index contributed by atoms with van der Waals surface area (Å²) < 4.78 is 44.5. The Morgan fingerprint density at radius 2 is 1.85 bits per heavy atom. The maximum Gasteiger partial charge on any atom is 0.471 e. The van der Waals surface area contributed by atoms with Crippen molar-refractivity contribution in [1.29, 1.82) is 0 Å². The van der Waals surface area contributed by atoms with Gasteiger partial charge in [0.25, 0.3) is 0 Å². The summed E-state index contributed by atoms with van der Waals surface area (Å²) in [6.07, 6.45) is -4.71. The van der Waals surface area contributed by atoms with Crippen LogP contribution in [0.3, 0.4) is 0 Å².